The van der Waals surface area contributed by atoms with Crippen LogP contribution in [0.15, 0.2) is 59.7 Å². The number of carboxylic acids is 1. The average Bonchev–Trinajstić information content (AvgIpc) is 3.40. The van der Waals surface area contributed by atoms with E-state index in [1.165, 1.54) is 12.1 Å². The van der Waals surface area contributed by atoms with Gasteiger partial charge in [0, 0.05) is 36.5 Å². The van der Waals surface area contributed by atoms with Crippen molar-refractivity contribution in [2.24, 2.45) is 28.1 Å². The summed E-state index contributed by atoms with van der Waals surface area (Å²) in [5.74, 6) is -3.53. The number of H-pyrrole nitrogens is 1. The van der Waals surface area contributed by atoms with E-state index in [9.17, 15) is 29.4 Å². The zero-order valence-electron chi connectivity index (χ0n) is 25.3. The number of fused-ring (bicyclic) bond motifs is 1. The number of rotatable bonds is 16. The van der Waals surface area contributed by atoms with E-state index in [2.05, 4.69) is 25.9 Å². The molecule has 4 atom stereocenters. The summed E-state index contributed by atoms with van der Waals surface area (Å²) in [7, 11) is 0. The highest BCUT2D eigenvalue weighted by molar-refractivity contribution is 5.95. The molecular weight excluding hydrogens is 580 g/mol. The lowest BCUT2D eigenvalue weighted by Gasteiger charge is -2.26. The van der Waals surface area contributed by atoms with Gasteiger partial charge in [-0.2, -0.15) is 0 Å². The molecule has 3 rings (SSSR count). The van der Waals surface area contributed by atoms with Gasteiger partial charge in [-0.05, 0) is 48.1 Å². The molecule has 0 radical (unpaired) electrons. The maximum Gasteiger partial charge on any atom is 0.326 e. The van der Waals surface area contributed by atoms with Crippen molar-refractivity contribution in [2.45, 2.75) is 63.7 Å². The van der Waals surface area contributed by atoms with E-state index in [0.29, 0.717) is 5.56 Å². The lowest BCUT2D eigenvalue weighted by atomic mass is 10.00. The molecule has 1 aromatic heterocycles. The van der Waals surface area contributed by atoms with Crippen LogP contribution in [-0.2, 0) is 32.0 Å². The Morgan fingerprint density at radius 3 is 2.09 bits per heavy atom. The number of phenols is 1. The number of para-hydroxylation sites is 1. The quantitative estimate of drug-likeness (QED) is 0.0601. The molecule has 12 N–H and O–H groups in total. The van der Waals surface area contributed by atoms with Crippen molar-refractivity contribution >= 4 is 40.6 Å². The topological polar surface area (TPSA) is 251 Å². The van der Waals surface area contributed by atoms with Crippen molar-refractivity contribution < 1.29 is 29.4 Å². The molecule has 242 valence electrons. The molecule has 45 heavy (non-hydrogen) atoms. The first kappa shape index (κ1) is 34.4. The van der Waals surface area contributed by atoms with E-state index >= 15 is 0 Å². The smallest absolute Gasteiger partial charge is 0.326 e. The van der Waals surface area contributed by atoms with Crippen LogP contribution in [0.25, 0.3) is 10.9 Å². The van der Waals surface area contributed by atoms with E-state index in [1.54, 1.807) is 32.2 Å². The van der Waals surface area contributed by atoms with E-state index in [0.717, 1.165) is 16.5 Å². The van der Waals surface area contributed by atoms with Gasteiger partial charge in [-0.3, -0.25) is 19.4 Å². The number of benzene rings is 2. The van der Waals surface area contributed by atoms with Gasteiger partial charge in [0.05, 0.1) is 6.04 Å². The minimum absolute atomic E-state index is 0.0125. The zero-order valence-corrected chi connectivity index (χ0v) is 25.3. The molecular formula is C31H42N8O6. The molecule has 14 heteroatoms. The van der Waals surface area contributed by atoms with Gasteiger partial charge in [-0.25, -0.2) is 4.79 Å². The van der Waals surface area contributed by atoms with Gasteiger partial charge in [0.15, 0.2) is 5.96 Å². The SMILES string of the molecule is CC(C)C(N)C(=O)NC(Cc1c[nH]c2ccccc12)C(=O)NC(Cc1ccc(O)cc1)C(=O)NC(CCCN=C(N)N)C(=O)O. The summed E-state index contributed by atoms with van der Waals surface area (Å²) >= 11 is 0. The van der Waals surface area contributed by atoms with Crippen molar-refractivity contribution in [1.82, 2.24) is 20.9 Å². The Balaban J connectivity index is 1.88. The summed E-state index contributed by atoms with van der Waals surface area (Å²) in [6.07, 6.45) is 2.11. The third-order valence-electron chi connectivity index (χ3n) is 7.32. The van der Waals surface area contributed by atoms with Crippen LogP contribution in [0.4, 0.5) is 0 Å². The summed E-state index contributed by atoms with van der Waals surface area (Å²) < 4.78 is 0. The lowest BCUT2D eigenvalue weighted by Crippen LogP contribution is -2.58. The molecule has 3 amide bonds. The van der Waals surface area contributed by atoms with Crippen LogP contribution < -0.4 is 33.2 Å². The molecule has 0 spiro atoms. The third kappa shape index (κ3) is 10.2. The molecule has 1 heterocycles. The number of aliphatic carboxylic acids is 1. The molecule has 0 aliphatic heterocycles. The Hall–Kier alpha value is -5.11. The predicted octanol–water partition coefficient (Wildman–Crippen LogP) is 0.235. The summed E-state index contributed by atoms with van der Waals surface area (Å²) in [4.78, 5) is 59.3. The first-order valence-electron chi connectivity index (χ1n) is 14.6. The molecule has 0 fully saturated rings. The largest absolute Gasteiger partial charge is 0.508 e. The number of nitrogens with one attached hydrogen (secondary N) is 4. The number of carbonyl (C=O) groups is 4. The molecule has 0 bridgehead atoms. The first-order chi connectivity index (χ1) is 21.3. The highest BCUT2D eigenvalue weighted by atomic mass is 16.4. The van der Waals surface area contributed by atoms with Crippen LogP contribution in [0.2, 0.25) is 0 Å². The van der Waals surface area contributed by atoms with E-state index in [-0.39, 0.29) is 49.9 Å². The fourth-order valence-electron chi connectivity index (χ4n) is 4.68. The molecule has 0 saturated carbocycles. The number of guanidine groups is 1. The minimum atomic E-state index is -1.28. The summed E-state index contributed by atoms with van der Waals surface area (Å²) in [5, 5.41) is 28.3. The molecule has 4 unspecified atom stereocenters. The fraction of sp³-hybridized carbons (Fsp3) is 0.387. The number of aromatic nitrogens is 1. The average molecular weight is 623 g/mol. The fourth-order valence-corrected chi connectivity index (χ4v) is 4.68. The summed E-state index contributed by atoms with van der Waals surface area (Å²) in [5.41, 5.74) is 18.9. The van der Waals surface area contributed by atoms with Crippen molar-refractivity contribution in [1.29, 1.82) is 0 Å². The third-order valence-corrected chi connectivity index (χ3v) is 7.32. The molecule has 0 aliphatic carbocycles. The number of nitrogens with two attached hydrogens (primary N) is 3. The van der Waals surface area contributed by atoms with Gasteiger partial charge in [0.1, 0.15) is 23.9 Å². The predicted molar refractivity (Wildman–Crippen MR) is 170 cm³/mol. The van der Waals surface area contributed by atoms with Gasteiger partial charge in [0.2, 0.25) is 17.7 Å². The number of carbonyl (C=O) groups excluding carboxylic acids is 3. The molecule has 0 aliphatic rings. The number of amides is 3. The normalized spacial score (nSPS) is 13.8. The second-order valence-electron chi connectivity index (χ2n) is 11.2. The summed E-state index contributed by atoms with van der Waals surface area (Å²) in [6, 6.07) is 9.02. The Morgan fingerprint density at radius 2 is 1.47 bits per heavy atom. The number of aromatic hydroxyl groups is 1. The zero-order chi connectivity index (χ0) is 33.1. The maximum absolute atomic E-state index is 13.8. The molecule has 3 aromatic rings. The van der Waals surface area contributed by atoms with Gasteiger partial charge < -0.3 is 48.3 Å². The van der Waals surface area contributed by atoms with Crippen molar-refractivity contribution in [3.05, 3.63) is 65.9 Å². The number of aromatic amines is 1. The van der Waals surface area contributed by atoms with E-state index in [1.807, 2.05) is 24.3 Å². The Labute approximate surface area is 260 Å². The monoisotopic (exact) mass is 622 g/mol. The van der Waals surface area contributed by atoms with Crippen LogP contribution >= 0.6 is 0 Å². The van der Waals surface area contributed by atoms with Crippen LogP contribution in [0.1, 0.15) is 37.8 Å². The van der Waals surface area contributed by atoms with E-state index in [4.69, 9.17) is 17.2 Å². The minimum Gasteiger partial charge on any atom is -0.508 e. The molecule has 14 nitrogen and oxygen atoms in total. The number of hydrogen-bond acceptors (Lipinski definition) is 7. The molecule has 2 aromatic carbocycles. The molecule has 0 saturated heterocycles. The highest BCUT2D eigenvalue weighted by Gasteiger charge is 2.31. The van der Waals surface area contributed by atoms with Gasteiger partial charge >= 0.3 is 5.97 Å². The van der Waals surface area contributed by atoms with Gasteiger partial charge in [0.25, 0.3) is 0 Å². The van der Waals surface area contributed by atoms with Crippen molar-refractivity contribution in [3.63, 3.8) is 0 Å². The van der Waals surface area contributed by atoms with Gasteiger partial charge in [-0.15, -0.1) is 0 Å². The van der Waals surface area contributed by atoms with Crippen LogP contribution in [0.5, 0.6) is 5.75 Å². The lowest BCUT2D eigenvalue weighted by molar-refractivity contribution is -0.142. The van der Waals surface area contributed by atoms with Gasteiger partial charge in [-0.1, -0.05) is 44.2 Å². The number of carboxylic acid groups (broad SMARTS) is 1. The van der Waals surface area contributed by atoms with Crippen molar-refractivity contribution in [2.75, 3.05) is 6.54 Å². The van der Waals surface area contributed by atoms with Crippen LogP contribution in [0, 0.1) is 5.92 Å². The number of phenolic OH excluding ortho intramolecular Hbond substituents is 1. The Kier molecular flexibility index (Phi) is 12.3. The standard InChI is InChI=1S/C31H42N8O6/c1-17(2)26(32)29(43)39-25(15-19-16-36-22-7-4-3-6-21(19)22)28(42)38-24(14-18-9-11-20(40)12-10-18)27(41)37-23(30(44)45)8-5-13-35-31(33)34/h3-4,6-7,9-12,16-17,23-26,36,40H,5,8,13-15,32H2,1-2H3,(H,37,41)(H,38,42)(H,39,43)(H,44,45)(H4,33,34,35). The summed E-state index contributed by atoms with van der Waals surface area (Å²) in [6.45, 7) is 3.74. The Morgan fingerprint density at radius 1 is 0.867 bits per heavy atom. The second kappa shape index (κ2) is 16.1. The Bertz CT molecular complexity index is 1500. The highest BCUT2D eigenvalue weighted by Crippen LogP contribution is 2.20. The second-order valence-corrected chi connectivity index (χ2v) is 11.2. The van der Waals surface area contributed by atoms with E-state index < -0.39 is 47.9 Å². The maximum atomic E-state index is 13.8. The number of hydrogen-bond donors (Lipinski definition) is 9. The number of nitrogens with zero attached hydrogens (tertiary/aromatic N) is 1. The van der Waals surface area contributed by atoms with Crippen molar-refractivity contribution in [3.8, 4) is 5.75 Å². The first-order valence-corrected chi connectivity index (χ1v) is 14.6. The van der Waals surface area contributed by atoms with Crippen LogP contribution in [-0.4, -0.2) is 75.6 Å². The van der Waals surface area contributed by atoms with Crippen LogP contribution in [0.3, 0.4) is 0 Å². The number of aliphatic imine (C=N–C) groups is 1.